The third-order valence-corrected chi connectivity index (χ3v) is 15.2. The van der Waals surface area contributed by atoms with Crippen molar-refractivity contribution in [3.05, 3.63) is 140 Å². The van der Waals surface area contributed by atoms with Crippen LogP contribution < -0.4 is 17.7 Å². The number of fused-ring (bicyclic) bond motifs is 2. The summed E-state index contributed by atoms with van der Waals surface area (Å²) in [5.41, 5.74) is 7.59. The Hall–Kier alpha value is -5.05. The molecule has 4 aromatic carbocycles. The van der Waals surface area contributed by atoms with Gasteiger partial charge in [-0.2, -0.15) is 0 Å². The Morgan fingerprint density at radius 3 is 2.40 bits per heavy atom. The Morgan fingerprint density at radius 2 is 1.67 bits per heavy atom. The molecule has 2 aliphatic rings. The van der Waals surface area contributed by atoms with Gasteiger partial charge in [0.25, 0.3) is 0 Å². The summed E-state index contributed by atoms with van der Waals surface area (Å²) in [7, 11) is 1.32. The average Bonchev–Trinajstić information content (AvgIpc) is 3.23. The second-order valence-electron chi connectivity index (χ2n) is 15.6. The number of methoxy groups -OCH3 is 1. The second-order valence-corrected chi connectivity index (χ2v) is 20.6. The zero-order valence-electron chi connectivity index (χ0n) is 34.1. The van der Waals surface area contributed by atoms with E-state index in [1.165, 1.54) is 12.0 Å². The maximum atomic E-state index is 14.3. The SMILES string of the molecule is COC(=O)I(Cc1ccc(-c2ccnc(C)c2C)cc1)NC(=O)[C@@H]1Cc2cc3c(cc2CN1C(=O)OC(C)(C)C)O[C@@H](c1cccc(OCc2ccc(Cl)c(Cl)c2)c1)CO3. The van der Waals surface area contributed by atoms with E-state index in [0.717, 1.165) is 50.2 Å². The first kappa shape index (κ1) is 43.1. The number of hydrogen-bond donors (Lipinski definition) is 1. The van der Waals surface area contributed by atoms with Gasteiger partial charge in [0.05, 0.1) is 10.0 Å². The van der Waals surface area contributed by atoms with Gasteiger partial charge in [-0.25, -0.2) is 0 Å². The number of carbonyl (C=O) groups excluding carboxylic acids is 3. The van der Waals surface area contributed by atoms with Crippen molar-refractivity contribution in [2.24, 2.45) is 0 Å². The number of ether oxygens (including phenoxy) is 5. The Labute approximate surface area is 367 Å². The summed E-state index contributed by atoms with van der Waals surface area (Å²) >= 11 is 9.25. The van der Waals surface area contributed by atoms with Crippen molar-refractivity contribution in [1.82, 2.24) is 13.4 Å². The van der Waals surface area contributed by atoms with E-state index in [1.54, 1.807) is 39.1 Å². The van der Waals surface area contributed by atoms with E-state index in [1.807, 2.05) is 86.6 Å². The quantitative estimate of drug-likeness (QED) is 0.0630. The van der Waals surface area contributed by atoms with Crippen molar-refractivity contribution in [3.63, 3.8) is 0 Å². The molecule has 0 aliphatic carbocycles. The van der Waals surface area contributed by atoms with Crippen molar-refractivity contribution in [2.45, 2.75) is 76.4 Å². The first-order chi connectivity index (χ1) is 28.6. The molecule has 0 bridgehead atoms. The number of aryl methyl sites for hydroxylation is 1. The summed E-state index contributed by atoms with van der Waals surface area (Å²) in [6.07, 6.45) is 0.880. The fourth-order valence-corrected chi connectivity index (χ4v) is 10.9. The van der Waals surface area contributed by atoms with Gasteiger partial charge in [0.15, 0.2) is 0 Å². The van der Waals surface area contributed by atoms with Gasteiger partial charge in [-0.15, -0.1) is 0 Å². The summed E-state index contributed by atoms with van der Waals surface area (Å²) < 4.78 is 32.7. The third-order valence-electron chi connectivity index (χ3n) is 10.2. The third kappa shape index (κ3) is 10.1. The van der Waals surface area contributed by atoms with Crippen LogP contribution in [0.15, 0.2) is 91.1 Å². The predicted octanol–water partition coefficient (Wildman–Crippen LogP) is 10.9. The predicted molar refractivity (Wildman–Crippen MR) is 239 cm³/mol. The number of halogens is 3. The topological polar surface area (TPSA) is 126 Å². The molecule has 0 saturated carbocycles. The normalized spacial score (nSPS) is 16.0. The van der Waals surface area contributed by atoms with Crippen LogP contribution in [-0.2, 0) is 38.3 Å². The molecule has 60 heavy (non-hydrogen) atoms. The van der Waals surface area contributed by atoms with Crippen molar-refractivity contribution < 1.29 is 38.1 Å². The van der Waals surface area contributed by atoms with E-state index < -0.39 is 53.8 Å². The van der Waals surface area contributed by atoms with Crippen molar-refractivity contribution in [3.8, 4) is 28.4 Å². The molecule has 3 heterocycles. The van der Waals surface area contributed by atoms with Crippen molar-refractivity contribution in [2.75, 3.05) is 13.7 Å². The fourth-order valence-electron chi connectivity index (χ4n) is 6.94. The van der Waals surface area contributed by atoms with Gasteiger partial charge in [-0.1, -0.05) is 35.3 Å². The van der Waals surface area contributed by atoms with Crippen LogP contribution >= 0.6 is 43.3 Å². The van der Waals surface area contributed by atoms with Crippen molar-refractivity contribution >= 4 is 59.3 Å². The molecular formula is C46H46Cl2IN3O8. The molecule has 5 aromatic rings. The van der Waals surface area contributed by atoms with Gasteiger partial charge in [0.1, 0.15) is 12.4 Å². The number of carbonyl (C=O) groups is 3. The molecule has 14 heteroatoms. The Morgan fingerprint density at radius 1 is 0.917 bits per heavy atom. The Balaban J connectivity index is 1.08. The fraction of sp³-hybridized carbons (Fsp3) is 0.304. The van der Waals surface area contributed by atoms with Gasteiger partial charge >= 0.3 is 283 Å². The molecule has 0 unspecified atom stereocenters. The van der Waals surface area contributed by atoms with Crippen LogP contribution in [0.1, 0.15) is 65.9 Å². The van der Waals surface area contributed by atoms with Gasteiger partial charge in [0.2, 0.25) is 0 Å². The number of alkyl halides is 1. The van der Waals surface area contributed by atoms with Gasteiger partial charge in [0, 0.05) is 0 Å². The summed E-state index contributed by atoms with van der Waals surface area (Å²) in [5.74, 6) is 1.25. The number of pyridine rings is 1. The number of rotatable bonds is 10. The zero-order valence-corrected chi connectivity index (χ0v) is 37.8. The standard InChI is InChI=1S/C46H46Cl2IN3O8/c1-27-28(2)50-17-16-36(27)31-13-10-29(11-14-31)23-49(44(54)56-6)51-43(53)39-20-33-21-40-41(22-34(33)24-52(39)45(55)60-46(3,4)5)59-42(26-58-40)32-8-7-9-35(19-32)57-25-30-12-15-37(47)38(48)18-30/h7-19,21-22,39,42H,20,23-26H2,1-6H3,(H,51,53)/t39-,42+/m0/s1. The van der Waals surface area contributed by atoms with Crippen LogP contribution in [0, 0.1) is 13.8 Å². The number of benzene rings is 4. The summed E-state index contributed by atoms with van der Waals surface area (Å²) in [6, 6.07) is 25.7. The number of aromatic nitrogens is 1. The van der Waals surface area contributed by atoms with E-state index in [2.05, 4.69) is 8.51 Å². The van der Waals surface area contributed by atoms with E-state index in [4.69, 9.17) is 46.9 Å². The van der Waals surface area contributed by atoms with Crippen LogP contribution in [0.5, 0.6) is 17.2 Å². The van der Waals surface area contributed by atoms with Crippen molar-refractivity contribution in [1.29, 1.82) is 0 Å². The summed E-state index contributed by atoms with van der Waals surface area (Å²) in [6.45, 7) is 9.96. The maximum absolute atomic E-state index is 14.3. The van der Waals surface area contributed by atoms with Crippen LogP contribution in [0.25, 0.3) is 11.1 Å². The molecule has 1 N–H and O–H groups in total. The molecule has 7 rings (SSSR count). The molecule has 0 saturated heterocycles. The number of nitrogens with zero attached hydrogens (tertiary/aromatic N) is 2. The van der Waals surface area contributed by atoms with Gasteiger partial charge in [-0.05, 0) is 23.8 Å². The van der Waals surface area contributed by atoms with Gasteiger partial charge < -0.3 is 4.74 Å². The van der Waals surface area contributed by atoms with Crippen LogP contribution in [-0.4, -0.2) is 51.2 Å². The van der Waals surface area contributed by atoms with Crippen LogP contribution in [0.4, 0.5) is 9.59 Å². The van der Waals surface area contributed by atoms with E-state index in [-0.39, 0.29) is 19.6 Å². The molecule has 0 radical (unpaired) electrons. The first-order valence-corrected chi connectivity index (χ1v) is 23.8. The molecule has 2 atom stereocenters. The molecule has 0 fully saturated rings. The number of hydrogen-bond acceptors (Lipinski definition) is 9. The minimum absolute atomic E-state index is 0.0729. The van der Waals surface area contributed by atoms with E-state index in [9.17, 15) is 14.4 Å². The van der Waals surface area contributed by atoms with Crippen LogP contribution in [0.2, 0.25) is 10.0 Å². The zero-order chi connectivity index (χ0) is 42.7. The first-order valence-electron chi connectivity index (χ1n) is 19.3. The Bertz CT molecular complexity index is 2420. The molecule has 1 aromatic heterocycles. The summed E-state index contributed by atoms with van der Waals surface area (Å²) in [5, 5.41) is 0.941. The van der Waals surface area contributed by atoms with Gasteiger partial charge in [-0.3, -0.25) is 0 Å². The second kappa shape index (κ2) is 18.3. The minimum atomic E-state index is -3.00. The average molecular weight is 967 g/mol. The van der Waals surface area contributed by atoms with Crippen LogP contribution in [0.3, 0.4) is 0 Å². The van der Waals surface area contributed by atoms with E-state index in [0.29, 0.717) is 38.3 Å². The molecule has 2 amide bonds. The molecular weight excluding hydrogens is 920 g/mol. The molecule has 2 aliphatic heterocycles. The van der Waals surface area contributed by atoms with E-state index >= 15 is 0 Å². The molecule has 314 valence electrons. The number of nitrogens with one attached hydrogen (secondary N) is 1. The monoisotopic (exact) mass is 965 g/mol. The number of amides is 2. The molecule has 11 nitrogen and oxygen atoms in total. The summed E-state index contributed by atoms with van der Waals surface area (Å²) in [4.78, 5) is 47.1. The molecule has 0 spiro atoms. The Kier molecular flexibility index (Phi) is 13.1.